The Morgan fingerprint density at radius 3 is 2.52 bits per heavy atom. The molecule has 1 aliphatic rings. The van der Waals surface area contributed by atoms with Crippen molar-refractivity contribution in [1.29, 1.82) is 0 Å². The van der Waals surface area contributed by atoms with Gasteiger partial charge in [-0.15, -0.1) is 24.8 Å². The van der Waals surface area contributed by atoms with Crippen molar-refractivity contribution in [1.82, 2.24) is 15.1 Å². The van der Waals surface area contributed by atoms with Crippen LogP contribution in [0.4, 0.5) is 5.69 Å². The van der Waals surface area contributed by atoms with Crippen LogP contribution in [-0.2, 0) is 0 Å². The maximum absolute atomic E-state index is 12.0. The molecular formula is C16H28Cl2N4O. The summed E-state index contributed by atoms with van der Waals surface area (Å²) in [5.41, 5.74) is 6.93. The van der Waals surface area contributed by atoms with Crippen LogP contribution in [0.3, 0.4) is 0 Å². The van der Waals surface area contributed by atoms with Gasteiger partial charge in [-0.05, 0) is 58.2 Å². The Morgan fingerprint density at radius 1 is 1.30 bits per heavy atom. The Labute approximate surface area is 151 Å². The van der Waals surface area contributed by atoms with Crippen molar-refractivity contribution in [2.45, 2.75) is 18.9 Å². The summed E-state index contributed by atoms with van der Waals surface area (Å²) in [6, 6.07) is 7.77. The van der Waals surface area contributed by atoms with E-state index in [0.717, 1.165) is 19.6 Å². The fourth-order valence-corrected chi connectivity index (χ4v) is 2.77. The van der Waals surface area contributed by atoms with E-state index in [1.165, 1.54) is 12.8 Å². The molecule has 1 saturated heterocycles. The van der Waals surface area contributed by atoms with Crippen LogP contribution in [0.1, 0.15) is 23.2 Å². The number of carbonyl (C=O) groups is 1. The predicted octanol–water partition coefficient (Wildman–Crippen LogP) is 1.87. The summed E-state index contributed by atoms with van der Waals surface area (Å²) in [6.45, 7) is 3.81. The van der Waals surface area contributed by atoms with Crippen molar-refractivity contribution in [3.8, 4) is 0 Å². The van der Waals surface area contributed by atoms with Gasteiger partial charge in [0.05, 0.1) is 0 Å². The molecule has 0 atom stereocenters. The minimum Gasteiger partial charge on any atom is -0.399 e. The number of nitrogens with two attached hydrogens (primary N) is 1. The number of nitrogens with zero attached hydrogens (tertiary/aromatic N) is 2. The van der Waals surface area contributed by atoms with E-state index >= 15 is 0 Å². The summed E-state index contributed by atoms with van der Waals surface area (Å²) in [6.07, 6.45) is 2.41. The first-order valence-corrected chi connectivity index (χ1v) is 7.59. The Morgan fingerprint density at radius 2 is 1.96 bits per heavy atom. The number of amides is 1. The molecular weight excluding hydrogens is 335 g/mol. The number of nitrogen functional groups attached to an aromatic ring is 1. The number of nitrogens with one attached hydrogen (secondary N) is 1. The topological polar surface area (TPSA) is 61.6 Å². The number of hydrogen-bond donors (Lipinski definition) is 2. The monoisotopic (exact) mass is 362 g/mol. The van der Waals surface area contributed by atoms with Crippen LogP contribution in [0.2, 0.25) is 0 Å². The number of halogens is 2. The molecule has 132 valence electrons. The summed E-state index contributed by atoms with van der Waals surface area (Å²) >= 11 is 0. The molecule has 7 heteroatoms. The Hall–Kier alpha value is -1.01. The van der Waals surface area contributed by atoms with E-state index in [1.807, 2.05) is 0 Å². The summed E-state index contributed by atoms with van der Waals surface area (Å²) in [7, 11) is 4.29. The number of piperidine rings is 1. The molecule has 1 aliphatic heterocycles. The lowest BCUT2D eigenvalue weighted by Gasteiger charge is -2.35. The van der Waals surface area contributed by atoms with Crippen LogP contribution in [0.15, 0.2) is 24.3 Å². The van der Waals surface area contributed by atoms with Gasteiger partial charge in [-0.2, -0.15) is 0 Å². The molecule has 5 nitrogen and oxygen atoms in total. The van der Waals surface area contributed by atoms with Crippen LogP contribution < -0.4 is 11.1 Å². The van der Waals surface area contributed by atoms with E-state index in [4.69, 9.17) is 5.73 Å². The minimum atomic E-state index is -0.0505. The second-order valence-electron chi connectivity index (χ2n) is 5.92. The van der Waals surface area contributed by atoms with E-state index in [-0.39, 0.29) is 30.7 Å². The smallest absolute Gasteiger partial charge is 0.251 e. The molecule has 1 heterocycles. The molecule has 1 amide bonds. The van der Waals surface area contributed by atoms with Crippen LogP contribution >= 0.6 is 24.8 Å². The third-order valence-corrected chi connectivity index (χ3v) is 4.15. The maximum atomic E-state index is 12.0. The molecule has 0 unspecified atom stereocenters. The number of likely N-dealkylation sites (tertiary alicyclic amines) is 1. The highest BCUT2D eigenvalue weighted by Gasteiger charge is 2.20. The van der Waals surface area contributed by atoms with Gasteiger partial charge in [0.1, 0.15) is 0 Å². The number of hydrogen-bond acceptors (Lipinski definition) is 4. The lowest BCUT2D eigenvalue weighted by Crippen LogP contribution is -2.44. The SMILES string of the molecule is CN(C)C1CCN(CCNC(=O)c2cccc(N)c2)CC1.Cl.Cl. The van der Waals surface area contributed by atoms with Crippen LogP contribution in [-0.4, -0.2) is 62.0 Å². The van der Waals surface area contributed by atoms with Gasteiger partial charge in [0.15, 0.2) is 0 Å². The normalized spacial score (nSPS) is 15.6. The van der Waals surface area contributed by atoms with Gasteiger partial charge in [0.2, 0.25) is 0 Å². The highest BCUT2D eigenvalue weighted by atomic mass is 35.5. The average Bonchev–Trinajstić information content (AvgIpc) is 2.47. The molecule has 23 heavy (non-hydrogen) atoms. The molecule has 0 saturated carbocycles. The summed E-state index contributed by atoms with van der Waals surface area (Å²) < 4.78 is 0. The zero-order valence-corrected chi connectivity index (χ0v) is 15.5. The largest absolute Gasteiger partial charge is 0.399 e. The van der Waals surface area contributed by atoms with Crippen molar-refractivity contribution in [2.24, 2.45) is 0 Å². The van der Waals surface area contributed by atoms with Crippen molar-refractivity contribution in [3.63, 3.8) is 0 Å². The molecule has 0 aromatic heterocycles. The summed E-state index contributed by atoms with van der Waals surface area (Å²) in [4.78, 5) is 16.7. The van der Waals surface area contributed by atoms with Crippen molar-refractivity contribution < 1.29 is 4.79 Å². The zero-order chi connectivity index (χ0) is 15.2. The first-order valence-electron chi connectivity index (χ1n) is 7.59. The van der Waals surface area contributed by atoms with E-state index in [2.05, 4.69) is 29.2 Å². The Balaban J connectivity index is 0.00000242. The predicted molar refractivity (Wildman–Crippen MR) is 101 cm³/mol. The van der Waals surface area contributed by atoms with Gasteiger partial charge in [-0.1, -0.05) is 6.07 Å². The number of rotatable bonds is 5. The van der Waals surface area contributed by atoms with Crippen molar-refractivity contribution >= 4 is 36.4 Å². The van der Waals surface area contributed by atoms with E-state index < -0.39 is 0 Å². The van der Waals surface area contributed by atoms with E-state index in [9.17, 15) is 4.79 Å². The first-order chi connectivity index (χ1) is 10.1. The molecule has 0 bridgehead atoms. The molecule has 1 fully saturated rings. The van der Waals surface area contributed by atoms with Gasteiger partial charge >= 0.3 is 0 Å². The van der Waals surface area contributed by atoms with E-state index in [0.29, 0.717) is 23.8 Å². The second kappa shape index (κ2) is 10.7. The molecule has 1 aromatic carbocycles. The summed E-state index contributed by atoms with van der Waals surface area (Å²) in [5, 5.41) is 2.96. The van der Waals surface area contributed by atoms with Gasteiger partial charge in [-0.25, -0.2) is 0 Å². The highest BCUT2D eigenvalue weighted by molar-refractivity contribution is 5.94. The van der Waals surface area contributed by atoms with Crippen LogP contribution in [0, 0.1) is 0 Å². The standard InChI is InChI=1S/C16H26N4O.2ClH/c1-19(2)15-6-9-20(10-7-15)11-8-18-16(21)13-4-3-5-14(17)12-13;;/h3-5,12,15H,6-11,17H2,1-2H3,(H,18,21);2*1H. The number of benzene rings is 1. The quantitative estimate of drug-likeness (QED) is 0.784. The fourth-order valence-electron chi connectivity index (χ4n) is 2.77. The number of anilines is 1. The van der Waals surface area contributed by atoms with Gasteiger partial charge < -0.3 is 20.9 Å². The molecule has 0 radical (unpaired) electrons. The minimum absolute atomic E-state index is 0. The number of carbonyl (C=O) groups excluding carboxylic acids is 1. The average molecular weight is 363 g/mol. The van der Waals surface area contributed by atoms with Crippen molar-refractivity contribution in [3.05, 3.63) is 29.8 Å². The fraction of sp³-hybridized carbons (Fsp3) is 0.562. The van der Waals surface area contributed by atoms with Crippen molar-refractivity contribution in [2.75, 3.05) is 46.0 Å². The third kappa shape index (κ3) is 6.96. The van der Waals surface area contributed by atoms with Gasteiger partial charge in [-0.3, -0.25) is 4.79 Å². The van der Waals surface area contributed by atoms with Gasteiger partial charge in [0, 0.05) is 30.4 Å². The van der Waals surface area contributed by atoms with E-state index in [1.54, 1.807) is 24.3 Å². The second-order valence-corrected chi connectivity index (χ2v) is 5.92. The third-order valence-electron chi connectivity index (χ3n) is 4.15. The Bertz CT molecular complexity index is 477. The summed E-state index contributed by atoms with van der Waals surface area (Å²) in [5.74, 6) is -0.0505. The Kier molecular flexibility index (Phi) is 10.2. The molecule has 2 rings (SSSR count). The molecule has 3 N–H and O–H groups in total. The maximum Gasteiger partial charge on any atom is 0.251 e. The molecule has 0 aliphatic carbocycles. The molecule has 0 spiro atoms. The lowest BCUT2D eigenvalue weighted by atomic mass is 10.0. The van der Waals surface area contributed by atoms with Gasteiger partial charge in [0.25, 0.3) is 5.91 Å². The first kappa shape index (κ1) is 22.0. The highest BCUT2D eigenvalue weighted by Crippen LogP contribution is 2.13. The lowest BCUT2D eigenvalue weighted by molar-refractivity contribution is 0.0940. The van der Waals surface area contributed by atoms with Crippen LogP contribution in [0.5, 0.6) is 0 Å². The zero-order valence-electron chi connectivity index (χ0n) is 13.8. The molecule has 1 aromatic rings. The van der Waals surface area contributed by atoms with Crippen LogP contribution in [0.25, 0.3) is 0 Å².